The quantitative estimate of drug-likeness (QED) is 0.825. The minimum absolute atomic E-state index is 0.148. The lowest BCUT2D eigenvalue weighted by atomic mass is 10.2. The molecule has 0 radical (unpaired) electrons. The number of benzene rings is 1. The molecule has 1 amide bonds. The van der Waals surface area contributed by atoms with E-state index in [-0.39, 0.29) is 11.9 Å². The van der Waals surface area contributed by atoms with E-state index in [2.05, 4.69) is 57.5 Å². The molecular formula is C11H13IN2O. The van der Waals surface area contributed by atoms with Gasteiger partial charge in [0, 0.05) is 29.1 Å². The number of rotatable bonds is 3. The van der Waals surface area contributed by atoms with Gasteiger partial charge in [0.25, 0.3) is 0 Å². The Kier molecular flexibility index (Phi) is 3.58. The Morgan fingerprint density at radius 2 is 2.13 bits per heavy atom. The average molecular weight is 316 g/mol. The van der Waals surface area contributed by atoms with Gasteiger partial charge in [-0.3, -0.25) is 4.79 Å². The molecule has 1 unspecified atom stereocenters. The minimum Gasteiger partial charge on any atom is -0.354 e. The van der Waals surface area contributed by atoms with Crippen molar-refractivity contribution in [1.82, 2.24) is 10.6 Å². The number of nitrogens with one attached hydrogen (secondary N) is 2. The van der Waals surface area contributed by atoms with Gasteiger partial charge < -0.3 is 10.6 Å². The van der Waals surface area contributed by atoms with Crippen molar-refractivity contribution in [3.8, 4) is 0 Å². The summed E-state index contributed by atoms with van der Waals surface area (Å²) in [7, 11) is 0. The molecule has 0 saturated carbocycles. The fourth-order valence-corrected chi connectivity index (χ4v) is 1.97. The zero-order valence-electron chi connectivity index (χ0n) is 8.29. The van der Waals surface area contributed by atoms with Crippen molar-refractivity contribution in [2.75, 3.05) is 6.54 Å². The van der Waals surface area contributed by atoms with E-state index in [1.54, 1.807) is 0 Å². The molecule has 1 atom stereocenters. The molecule has 1 aliphatic heterocycles. The van der Waals surface area contributed by atoms with Crippen LogP contribution in [0.2, 0.25) is 0 Å². The number of carbonyl (C=O) groups is 1. The van der Waals surface area contributed by atoms with Crippen molar-refractivity contribution in [2.45, 2.75) is 19.0 Å². The molecule has 4 heteroatoms. The van der Waals surface area contributed by atoms with Gasteiger partial charge in [-0.15, -0.1) is 0 Å². The van der Waals surface area contributed by atoms with Gasteiger partial charge >= 0.3 is 0 Å². The van der Waals surface area contributed by atoms with Crippen LogP contribution in [0.15, 0.2) is 24.3 Å². The summed E-state index contributed by atoms with van der Waals surface area (Å²) in [6.45, 7) is 1.58. The van der Waals surface area contributed by atoms with Crippen molar-refractivity contribution in [2.24, 2.45) is 0 Å². The molecule has 1 saturated heterocycles. The van der Waals surface area contributed by atoms with Gasteiger partial charge in [-0.05, 0) is 40.3 Å². The molecule has 1 fully saturated rings. The largest absolute Gasteiger partial charge is 0.354 e. The van der Waals surface area contributed by atoms with Crippen LogP contribution in [0.4, 0.5) is 0 Å². The molecule has 0 aromatic heterocycles. The number of hydrogen-bond acceptors (Lipinski definition) is 2. The van der Waals surface area contributed by atoms with Crippen LogP contribution < -0.4 is 10.6 Å². The maximum atomic E-state index is 11.0. The summed E-state index contributed by atoms with van der Waals surface area (Å²) in [6.07, 6.45) is 0.602. The molecule has 1 aromatic rings. The van der Waals surface area contributed by atoms with Gasteiger partial charge in [0.1, 0.15) is 0 Å². The zero-order valence-corrected chi connectivity index (χ0v) is 10.5. The third-order valence-electron chi connectivity index (χ3n) is 2.49. The highest BCUT2D eigenvalue weighted by atomic mass is 127. The zero-order chi connectivity index (χ0) is 10.7. The summed E-state index contributed by atoms with van der Waals surface area (Å²) >= 11 is 2.29. The molecule has 80 valence electrons. The summed E-state index contributed by atoms with van der Waals surface area (Å²) in [4.78, 5) is 11.0. The number of halogens is 1. The Morgan fingerprint density at radius 1 is 1.40 bits per heavy atom. The second kappa shape index (κ2) is 4.94. The van der Waals surface area contributed by atoms with Crippen LogP contribution in [0.3, 0.4) is 0 Å². The first-order valence-electron chi connectivity index (χ1n) is 4.98. The van der Waals surface area contributed by atoms with Gasteiger partial charge in [0.05, 0.1) is 0 Å². The third kappa shape index (κ3) is 3.17. The molecule has 0 aliphatic carbocycles. The van der Waals surface area contributed by atoms with Crippen molar-refractivity contribution < 1.29 is 4.79 Å². The van der Waals surface area contributed by atoms with Crippen LogP contribution in [0.25, 0.3) is 0 Å². The highest BCUT2D eigenvalue weighted by molar-refractivity contribution is 14.1. The predicted octanol–water partition coefficient (Wildman–Crippen LogP) is 1.27. The average Bonchev–Trinajstić information content (AvgIpc) is 2.64. The maximum absolute atomic E-state index is 11.0. The van der Waals surface area contributed by atoms with Crippen molar-refractivity contribution >= 4 is 28.5 Å². The highest BCUT2D eigenvalue weighted by Crippen LogP contribution is 2.07. The minimum atomic E-state index is 0.148. The molecule has 2 rings (SSSR count). The van der Waals surface area contributed by atoms with Gasteiger partial charge in [-0.2, -0.15) is 0 Å². The first-order chi connectivity index (χ1) is 7.24. The topological polar surface area (TPSA) is 41.1 Å². The Labute approximate surface area is 103 Å². The van der Waals surface area contributed by atoms with Gasteiger partial charge in [0.15, 0.2) is 0 Å². The lowest BCUT2D eigenvalue weighted by Gasteiger charge is -2.09. The normalized spacial score (nSPS) is 20.3. The summed E-state index contributed by atoms with van der Waals surface area (Å²) in [5.74, 6) is 0.148. The Balaban J connectivity index is 1.83. The van der Waals surface area contributed by atoms with Crippen LogP contribution in [0, 0.1) is 3.57 Å². The van der Waals surface area contributed by atoms with Gasteiger partial charge in [-0.1, -0.05) is 12.1 Å². The molecule has 1 heterocycles. The van der Waals surface area contributed by atoms with E-state index in [0.29, 0.717) is 6.42 Å². The summed E-state index contributed by atoms with van der Waals surface area (Å²) in [5.41, 5.74) is 1.26. The van der Waals surface area contributed by atoms with Crippen LogP contribution in [-0.2, 0) is 11.3 Å². The fourth-order valence-electron chi connectivity index (χ4n) is 1.61. The first kappa shape index (κ1) is 10.9. The van der Waals surface area contributed by atoms with Crippen LogP contribution in [-0.4, -0.2) is 18.5 Å². The number of hydrogen-bond donors (Lipinski definition) is 2. The second-order valence-electron chi connectivity index (χ2n) is 3.71. The predicted molar refractivity (Wildman–Crippen MR) is 67.4 cm³/mol. The molecule has 1 aliphatic rings. The molecule has 3 nitrogen and oxygen atoms in total. The maximum Gasteiger partial charge on any atom is 0.221 e. The van der Waals surface area contributed by atoms with Gasteiger partial charge in [-0.25, -0.2) is 0 Å². The van der Waals surface area contributed by atoms with E-state index in [0.717, 1.165) is 13.1 Å². The SMILES string of the molecule is O=C1CC(NCc2ccc(I)cc2)CN1. The molecule has 2 N–H and O–H groups in total. The molecule has 1 aromatic carbocycles. The lowest BCUT2D eigenvalue weighted by Crippen LogP contribution is -2.30. The van der Waals surface area contributed by atoms with Gasteiger partial charge in [0.2, 0.25) is 5.91 Å². The van der Waals surface area contributed by atoms with E-state index >= 15 is 0 Å². The summed E-state index contributed by atoms with van der Waals surface area (Å²) in [5, 5.41) is 6.17. The molecule has 15 heavy (non-hydrogen) atoms. The standard InChI is InChI=1S/C11H13IN2O/c12-9-3-1-8(2-4-9)6-13-10-5-11(15)14-7-10/h1-4,10,13H,5-7H2,(H,14,15). The third-order valence-corrected chi connectivity index (χ3v) is 3.20. The monoisotopic (exact) mass is 316 g/mol. The summed E-state index contributed by atoms with van der Waals surface area (Å²) in [6, 6.07) is 8.69. The van der Waals surface area contributed by atoms with Crippen molar-refractivity contribution in [1.29, 1.82) is 0 Å². The fraction of sp³-hybridized carbons (Fsp3) is 0.364. The number of amides is 1. The van der Waals surface area contributed by atoms with Crippen molar-refractivity contribution in [3.05, 3.63) is 33.4 Å². The van der Waals surface area contributed by atoms with Crippen LogP contribution in [0.1, 0.15) is 12.0 Å². The van der Waals surface area contributed by atoms with Crippen molar-refractivity contribution in [3.63, 3.8) is 0 Å². The lowest BCUT2D eigenvalue weighted by molar-refractivity contribution is -0.119. The van der Waals surface area contributed by atoms with Crippen LogP contribution in [0.5, 0.6) is 0 Å². The Morgan fingerprint density at radius 3 is 2.73 bits per heavy atom. The highest BCUT2D eigenvalue weighted by Gasteiger charge is 2.20. The molecular weight excluding hydrogens is 303 g/mol. The smallest absolute Gasteiger partial charge is 0.221 e. The van der Waals surface area contributed by atoms with E-state index in [1.807, 2.05) is 0 Å². The Bertz CT molecular complexity index is 350. The van der Waals surface area contributed by atoms with E-state index < -0.39 is 0 Å². The number of carbonyl (C=O) groups excluding carboxylic acids is 1. The molecule has 0 spiro atoms. The van der Waals surface area contributed by atoms with E-state index in [4.69, 9.17) is 0 Å². The Hall–Kier alpha value is -0.620. The second-order valence-corrected chi connectivity index (χ2v) is 4.96. The summed E-state index contributed by atoms with van der Waals surface area (Å²) < 4.78 is 1.24. The first-order valence-corrected chi connectivity index (χ1v) is 6.06. The molecule has 0 bridgehead atoms. The van der Waals surface area contributed by atoms with E-state index in [1.165, 1.54) is 9.13 Å². The van der Waals surface area contributed by atoms with Crippen LogP contribution >= 0.6 is 22.6 Å². The van der Waals surface area contributed by atoms with E-state index in [9.17, 15) is 4.79 Å².